The van der Waals surface area contributed by atoms with Crippen LogP contribution in [0.2, 0.25) is 0 Å². The van der Waals surface area contributed by atoms with Gasteiger partial charge in [-0.2, -0.15) is 0 Å². The van der Waals surface area contributed by atoms with Gasteiger partial charge in [-0.3, -0.25) is 19.8 Å². The van der Waals surface area contributed by atoms with Gasteiger partial charge >= 0.3 is 0 Å². The Hall–Kier alpha value is -2.99. The minimum atomic E-state index is -0.500. The standard InChI is InChI=1S/C22H22N2O3S/c1-4-15(3)27-17-11-9-16(10-12-17)13-18-20(25)23-22(28)24(21(18)26)19-8-6-5-7-14(19)2/h5-13,15H,4H2,1-3H3,(H,23,25,28)/b18-13+/t15-/m0/s1. The highest BCUT2D eigenvalue weighted by molar-refractivity contribution is 7.80. The molecular formula is C22H22N2O3S. The van der Waals surface area contributed by atoms with E-state index in [1.54, 1.807) is 12.1 Å². The van der Waals surface area contributed by atoms with Crippen LogP contribution in [0.4, 0.5) is 5.69 Å². The first kappa shape index (κ1) is 19.8. The number of thiocarbonyl (C=S) groups is 1. The van der Waals surface area contributed by atoms with Crippen LogP contribution in [0.1, 0.15) is 31.4 Å². The van der Waals surface area contributed by atoms with Gasteiger partial charge in [-0.25, -0.2) is 0 Å². The molecule has 1 aliphatic heterocycles. The van der Waals surface area contributed by atoms with Crippen molar-refractivity contribution in [3.05, 3.63) is 65.2 Å². The SMILES string of the molecule is CC[C@H](C)Oc1ccc(/C=C2\C(=O)NC(=S)N(c3ccccc3C)C2=O)cc1. The van der Waals surface area contributed by atoms with Crippen molar-refractivity contribution in [2.24, 2.45) is 0 Å². The maximum Gasteiger partial charge on any atom is 0.270 e. The van der Waals surface area contributed by atoms with Crippen LogP contribution < -0.4 is 15.0 Å². The van der Waals surface area contributed by atoms with E-state index in [4.69, 9.17) is 17.0 Å². The van der Waals surface area contributed by atoms with Crippen molar-refractivity contribution in [1.82, 2.24) is 5.32 Å². The first-order valence-corrected chi connectivity index (χ1v) is 9.55. The average molecular weight is 394 g/mol. The second-order valence-electron chi connectivity index (χ2n) is 6.65. The molecule has 3 rings (SSSR count). The van der Waals surface area contributed by atoms with Gasteiger partial charge in [0.15, 0.2) is 5.11 Å². The summed E-state index contributed by atoms with van der Waals surface area (Å²) in [5, 5.41) is 2.69. The lowest BCUT2D eigenvalue weighted by Gasteiger charge is -2.30. The quantitative estimate of drug-likeness (QED) is 0.473. The van der Waals surface area contributed by atoms with Gasteiger partial charge in [0, 0.05) is 0 Å². The first-order valence-electron chi connectivity index (χ1n) is 9.14. The summed E-state index contributed by atoms with van der Waals surface area (Å²) in [4.78, 5) is 26.8. The van der Waals surface area contributed by atoms with Crippen molar-refractivity contribution in [2.75, 3.05) is 4.90 Å². The Balaban J connectivity index is 1.90. The third-order valence-corrected chi connectivity index (χ3v) is 4.85. The molecule has 28 heavy (non-hydrogen) atoms. The molecule has 1 fully saturated rings. The minimum Gasteiger partial charge on any atom is -0.491 e. The summed E-state index contributed by atoms with van der Waals surface area (Å²) in [6.45, 7) is 5.95. The fourth-order valence-corrected chi connectivity index (χ4v) is 3.09. The van der Waals surface area contributed by atoms with Gasteiger partial charge in [0.05, 0.1) is 11.8 Å². The molecule has 0 aliphatic carbocycles. The first-order chi connectivity index (χ1) is 13.4. The Morgan fingerprint density at radius 3 is 2.46 bits per heavy atom. The summed E-state index contributed by atoms with van der Waals surface area (Å²) in [7, 11) is 0. The summed E-state index contributed by atoms with van der Waals surface area (Å²) < 4.78 is 5.76. The molecular weight excluding hydrogens is 372 g/mol. The second-order valence-corrected chi connectivity index (χ2v) is 7.04. The van der Waals surface area contributed by atoms with E-state index in [1.165, 1.54) is 4.90 Å². The van der Waals surface area contributed by atoms with Crippen LogP contribution in [-0.2, 0) is 9.59 Å². The van der Waals surface area contributed by atoms with Crippen LogP contribution in [0.25, 0.3) is 6.08 Å². The van der Waals surface area contributed by atoms with Crippen molar-refractivity contribution in [3.63, 3.8) is 0 Å². The second kappa shape index (κ2) is 8.35. The maximum absolute atomic E-state index is 13.0. The Kier molecular flexibility index (Phi) is 5.90. The van der Waals surface area contributed by atoms with Crippen LogP contribution in [0.3, 0.4) is 0 Å². The molecule has 1 N–H and O–H groups in total. The zero-order valence-electron chi connectivity index (χ0n) is 16.1. The van der Waals surface area contributed by atoms with E-state index in [1.807, 2.05) is 56.3 Å². The number of carbonyl (C=O) groups is 2. The number of rotatable bonds is 5. The number of hydrogen-bond donors (Lipinski definition) is 1. The van der Waals surface area contributed by atoms with Gasteiger partial charge in [0.2, 0.25) is 0 Å². The number of para-hydroxylation sites is 1. The highest BCUT2D eigenvalue weighted by Crippen LogP contribution is 2.25. The molecule has 2 aromatic carbocycles. The monoisotopic (exact) mass is 394 g/mol. The van der Waals surface area contributed by atoms with E-state index in [-0.39, 0.29) is 16.8 Å². The van der Waals surface area contributed by atoms with Crippen LogP contribution >= 0.6 is 12.2 Å². The number of nitrogens with one attached hydrogen (secondary N) is 1. The predicted octanol–water partition coefficient (Wildman–Crippen LogP) is 4.00. The van der Waals surface area contributed by atoms with E-state index >= 15 is 0 Å². The zero-order chi connectivity index (χ0) is 20.3. The Morgan fingerprint density at radius 1 is 1.14 bits per heavy atom. The predicted molar refractivity (Wildman–Crippen MR) is 114 cm³/mol. The number of benzene rings is 2. The summed E-state index contributed by atoms with van der Waals surface area (Å²) in [6, 6.07) is 14.7. The molecule has 0 spiro atoms. The molecule has 0 saturated carbocycles. The summed E-state index contributed by atoms with van der Waals surface area (Å²) in [5.41, 5.74) is 2.31. The maximum atomic E-state index is 13.0. The molecule has 0 unspecified atom stereocenters. The van der Waals surface area contributed by atoms with E-state index < -0.39 is 11.8 Å². The fraction of sp³-hybridized carbons (Fsp3) is 0.227. The molecule has 2 amide bonds. The third-order valence-electron chi connectivity index (χ3n) is 4.56. The molecule has 2 aromatic rings. The number of carbonyl (C=O) groups excluding carboxylic acids is 2. The molecule has 1 atom stereocenters. The zero-order valence-corrected chi connectivity index (χ0v) is 16.9. The van der Waals surface area contributed by atoms with Gasteiger partial charge in [-0.15, -0.1) is 0 Å². The van der Waals surface area contributed by atoms with E-state index in [2.05, 4.69) is 12.2 Å². The Labute approximate surface area is 170 Å². The van der Waals surface area contributed by atoms with Crippen LogP contribution in [0.5, 0.6) is 5.75 Å². The third kappa shape index (κ3) is 4.12. The fourth-order valence-electron chi connectivity index (χ4n) is 2.82. The summed E-state index contributed by atoms with van der Waals surface area (Å²) in [5.74, 6) is -0.193. The highest BCUT2D eigenvalue weighted by Gasteiger charge is 2.34. The van der Waals surface area contributed by atoms with E-state index in [9.17, 15) is 9.59 Å². The Morgan fingerprint density at radius 2 is 1.82 bits per heavy atom. The number of ether oxygens (including phenoxy) is 1. The average Bonchev–Trinajstić information content (AvgIpc) is 2.67. The minimum absolute atomic E-state index is 0.0347. The van der Waals surface area contributed by atoms with Crippen molar-refractivity contribution < 1.29 is 14.3 Å². The molecule has 0 bridgehead atoms. The lowest BCUT2D eigenvalue weighted by atomic mass is 10.1. The molecule has 6 heteroatoms. The lowest BCUT2D eigenvalue weighted by Crippen LogP contribution is -2.54. The topological polar surface area (TPSA) is 58.6 Å². The molecule has 1 aliphatic rings. The number of nitrogens with zero attached hydrogens (tertiary/aromatic N) is 1. The summed E-state index contributed by atoms with van der Waals surface area (Å²) in [6.07, 6.45) is 2.60. The lowest BCUT2D eigenvalue weighted by molar-refractivity contribution is -0.122. The van der Waals surface area contributed by atoms with Crippen molar-refractivity contribution in [1.29, 1.82) is 0 Å². The molecule has 0 radical (unpaired) electrons. The van der Waals surface area contributed by atoms with Crippen LogP contribution in [0.15, 0.2) is 54.1 Å². The number of hydrogen-bond acceptors (Lipinski definition) is 4. The molecule has 0 aromatic heterocycles. The molecule has 5 nitrogen and oxygen atoms in total. The summed E-state index contributed by atoms with van der Waals surface area (Å²) >= 11 is 5.24. The number of anilines is 1. The van der Waals surface area contributed by atoms with Crippen molar-refractivity contribution in [2.45, 2.75) is 33.3 Å². The molecule has 144 valence electrons. The van der Waals surface area contributed by atoms with Crippen LogP contribution in [0, 0.1) is 6.92 Å². The largest absolute Gasteiger partial charge is 0.491 e. The van der Waals surface area contributed by atoms with Gasteiger partial charge < -0.3 is 4.74 Å². The van der Waals surface area contributed by atoms with Crippen LogP contribution in [-0.4, -0.2) is 23.0 Å². The van der Waals surface area contributed by atoms with Gasteiger partial charge in [-0.05, 0) is 67.9 Å². The van der Waals surface area contributed by atoms with Gasteiger partial charge in [-0.1, -0.05) is 37.3 Å². The van der Waals surface area contributed by atoms with Gasteiger partial charge in [0.1, 0.15) is 11.3 Å². The normalized spacial score (nSPS) is 16.9. The highest BCUT2D eigenvalue weighted by atomic mass is 32.1. The van der Waals surface area contributed by atoms with Crippen molar-refractivity contribution >= 4 is 40.9 Å². The smallest absolute Gasteiger partial charge is 0.270 e. The number of aryl methyl sites for hydroxylation is 1. The molecule has 1 heterocycles. The molecule has 1 saturated heterocycles. The van der Waals surface area contributed by atoms with E-state index in [0.717, 1.165) is 23.3 Å². The number of amides is 2. The Bertz CT molecular complexity index is 951. The van der Waals surface area contributed by atoms with E-state index in [0.29, 0.717) is 5.69 Å². The van der Waals surface area contributed by atoms with Gasteiger partial charge in [0.25, 0.3) is 11.8 Å². The van der Waals surface area contributed by atoms with Crippen molar-refractivity contribution in [3.8, 4) is 5.75 Å².